The molecule has 1 aliphatic carbocycles. The Kier molecular flexibility index (Phi) is 2.32. The minimum Gasteiger partial charge on any atom is -0.269 e. The molecule has 86 valence electrons. The van der Waals surface area contributed by atoms with E-state index >= 15 is 0 Å². The van der Waals surface area contributed by atoms with Crippen LogP contribution in [0.15, 0.2) is 30.4 Å². The van der Waals surface area contributed by atoms with Gasteiger partial charge in [0.2, 0.25) is 0 Å². The van der Waals surface area contributed by atoms with Gasteiger partial charge in [0.15, 0.2) is 0 Å². The van der Waals surface area contributed by atoms with Crippen LogP contribution < -0.4 is 4.90 Å². The first kappa shape index (κ1) is 10.3. The molecule has 2 aliphatic rings. The molecule has 3 heteroatoms. The maximum atomic E-state index is 11.7. The molecule has 1 aliphatic heterocycles. The molecule has 1 aromatic carbocycles. The second kappa shape index (κ2) is 3.84. The smallest absolute Gasteiger partial charge is 0.258 e. The Labute approximate surface area is 99.7 Å². The molecule has 0 aromatic heterocycles. The summed E-state index contributed by atoms with van der Waals surface area (Å²) in [6.45, 7) is 0. The summed E-state index contributed by atoms with van der Waals surface area (Å²) in [5.74, 6) is -0.456. The highest BCUT2D eigenvalue weighted by atomic mass is 16.2. The van der Waals surface area contributed by atoms with E-state index in [4.69, 9.17) is 0 Å². The monoisotopic (exact) mass is 227 g/mol. The number of aryl methyl sites for hydroxylation is 1. The van der Waals surface area contributed by atoms with E-state index in [-0.39, 0.29) is 11.8 Å². The van der Waals surface area contributed by atoms with Crippen LogP contribution in [0.5, 0.6) is 0 Å². The molecule has 0 N–H and O–H groups in total. The van der Waals surface area contributed by atoms with Gasteiger partial charge >= 0.3 is 0 Å². The van der Waals surface area contributed by atoms with E-state index in [2.05, 4.69) is 6.07 Å². The van der Waals surface area contributed by atoms with Crippen LogP contribution in [0, 0.1) is 0 Å². The standard InChI is InChI=1S/C14H13NO2/c16-13-8-9-14(17)15(13)12-7-3-5-10-4-1-2-6-11(10)12/h3,5,7-9H,1-2,4,6H2. The first-order valence-electron chi connectivity index (χ1n) is 5.94. The highest BCUT2D eigenvalue weighted by molar-refractivity contribution is 6.28. The fourth-order valence-electron chi connectivity index (χ4n) is 2.61. The van der Waals surface area contributed by atoms with Gasteiger partial charge in [0, 0.05) is 12.2 Å². The van der Waals surface area contributed by atoms with Gasteiger partial charge in [-0.2, -0.15) is 0 Å². The summed E-state index contributed by atoms with van der Waals surface area (Å²) in [7, 11) is 0. The van der Waals surface area contributed by atoms with Crippen molar-refractivity contribution in [2.45, 2.75) is 25.7 Å². The van der Waals surface area contributed by atoms with Crippen LogP contribution in [0.1, 0.15) is 24.0 Å². The molecule has 0 fully saturated rings. The van der Waals surface area contributed by atoms with E-state index in [0.29, 0.717) is 0 Å². The summed E-state index contributed by atoms with van der Waals surface area (Å²) >= 11 is 0. The number of carbonyl (C=O) groups is 2. The van der Waals surface area contributed by atoms with E-state index < -0.39 is 0 Å². The summed E-state index contributed by atoms with van der Waals surface area (Å²) in [5.41, 5.74) is 3.23. The molecule has 0 saturated carbocycles. The number of rotatable bonds is 1. The van der Waals surface area contributed by atoms with E-state index in [9.17, 15) is 9.59 Å². The number of carbonyl (C=O) groups excluding carboxylic acids is 2. The second-order valence-electron chi connectivity index (χ2n) is 4.47. The van der Waals surface area contributed by atoms with Crippen LogP contribution in [0.2, 0.25) is 0 Å². The van der Waals surface area contributed by atoms with Crippen LogP contribution in [-0.2, 0) is 22.4 Å². The minimum absolute atomic E-state index is 0.228. The molecular weight excluding hydrogens is 214 g/mol. The molecule has 0 bridgehead atoms. The molecular formula is C14H13NO2. The Morgan fingerprint density at radius 1 is 0.941 bits per heavy atom. The third kappa shape index (κ3) is 1.58. The first-order valence-corrected chi connectivity index (χ1v) is 5.94. The molecule has 0 unspecified atom stereocenters. The van der Waals surface area contributed by atoms with Crippen molar-refractivity contribution in [2.75, 3.05) is 4.90 Å². The van der Waals surface area contributed by atoms with Gasteiger partial charge in [-0.3, -0.25) is 9.59 Å². The number of benzene rings is 1. The van der Waals surface area contributed by atoms with Crippen LogP contribution in [0.25, 0.3) is 0 Å². The largest absolute Gasteiger partial charge is 0.269 e. The maximum absolute atomic E-state index is 11.7. The van der Waals surface area contributed by atoms with Crippen molar-refractivity contribution in [2.24, 2.45) is 0 Å². The fraction of sp³-hybridized carbons (Fsp3) is 0.286. The molecule has 3 rings (SSSR count). The third-order valence-electron chi connectivity index (χ3n) is 3.42. The van der Waals surface area contributed by atoms with Crippen molar-refractivity contribution < 1.29 is 9.59 Å². The van der Waals surface area contributed by atoms with Gasteiger partial charge in [0.05, 0.1) is 5.69 Å². The number of hydrogen-bond donors (Lipinski definition) is 0. The second-order valence-corrected chi connectivity index (χ2v) is 4.47. The molecule has 3 nitrogen and oxygen atoms in total. The van der Waals surface area contributed by atoms with Crippen molar-refractivity contribution in [3.8, 4) is 0 Å². The lowest BCUT2D eigenvalue weighted by atomic mass is 9.90. The minimum atomic E-state index is -0.228. The highest BCUT2D eigenvalue weighted by Gasteiger charge is 2.28. The normalized spacial score (nSPS) is 18.7. The summed E-state index contributed by atoms with van der Waals surface area (Å²) in [5, 5.41) is 0. The lowest BCUT2D eigenvalue weighted by molar-refractivity contribution is -0.119. The lowest BCUT2D eigenvalue weighted by Gasteiger charge is -2.23. The van der Waals surface area contributed by atoms with Gasteiger partial charge in [-0.05, 0) is 42.9 Å². The Morgan fingerprint density at radius 3 is 2.41 bits per heavy atom. The van der Waals surface area contributed by atoms with Crippen LogP contribution in [0.3, 0.4) is 0 Å². The lowest BCUT2D eigenvalue weighted by Crippen LogP contribution is -2.31. The molecule has 17 heavy (non-hydrogen) atoms. The maximum Gasteiger partial charge on any atom is 0.258 e. The van der Waals surface area contributed by atoms with Gasteiger partial charge in [0.1, 0.15) is 0 Å². The van der Waals surface area contributed by atoms with Crippen molar-refractivity contribution >= 4 is 17.5 Å². The van der Waals surface area contributed by atoms with E-state index in [1.54, 1.807) is 0 Å². The average molecular weight is 227 g/mol. The number of fused-ring (bicyclic) bond motifs is 1. The van der Waals surface area contributed by atoms with Gasteiger partial charge in [-0.25, -0.2) is 4.90 Å². The number of amides is 2. The molecule has 2 amide bonds. The molecule has 0 spiro atoms. The van der Waals surface area contributed by atoms with Crippen molar-refractivity contribution in [3.05, 3.63) is 41.5 Å². The van der Waals surface area contributed by atoms with Crippen LogP contribution in [0.4, 0.5) is 5.69 Å². The van der Waals surface area contributed by atoms with Gasteiger partial charge in [-0.15, -0.1) is 0 Å². The van der Waals surface area contributed by atoms with Gasteiger partial charge in [0.25, 0.3) is 11.8 Å². The molecule has 0 atom stereocenters. The number of imide groups is 1. The summed E-state index contributed by atoms with van der Waals surface area (Å²) in [6.07, 6.45) is 7.01. The topological polar surface area (TPSA) is 37.4 Å². The zero-order chi connectivity index (χ0) is 11.8. The number of hydrogen-bond acceptors (Lipinski definition) is 2. The molecule has 0 saturated heterocycles. The number of nitrogens with zero attached hydrogens (tertiary/aromatic N) is 1. The average Bonchev–Trinajstić information content (AvgIpc) is 2.69. The molecule has 1 heterocycles. The highest BCUT2D eigenvalue weighted by Crippen LogP contribution is 2.31. The van der Waals surface area contributed by atoms with Gasteiger partial charge < -0.3 is 0 Å². The molecule has 0 radical (unpaired) electrons. The van der Waals surface area contributed by atoms with Crippen molar-refractivity contribution in [1.29, 1.82) is 0 Å². The Morgan fingerprint density at radius 2 is 1.65 bits per heavy atom. The Hall–Kier alpha value is -1.90. The zero-order valence-electron chi connectivity index (χ0n) is 9.48. The number of anilines is 1. The van der Waals surface area contributed by atoms with E-state index in [0.717, 1.165) is 24.9 Å². The fourth-order valence-corrected chi connectivity index (χ4v) is 2.61. The van der Waals surface area contributed by atoms with Crippen molar-refractivity contribution in [3.63, 3.8) is 0 Å². The molecule has 1 aromatic rings. The summed E-state index contributed by atoms with van der Waals surface area (Å²) in [4.78, 5) is 24.7. The third-order valence-corrected chi connectivity index (χ3v) is 3.42. The Bertz CT molecular complexity index is 513. The SMILES string of the molecule is O=C1C=CC(=O)N1c1cccc2c1CCCC2. The predicted molar refractivity (Wildman–Crippen MR) is 64.7 cm³/mol. The van der Waals surface area contributed by atoms with Crippen molar-refractivity contribution in [1.82, 2.24) is 0 Å². The predicted octanol–water partition coefficient (Wildman–Crippen LogP) is 1.99. The Balaban J connectivity index is 2.09. The van der Waals surface area contributed by atoms with E-state index in [1.807, 2.05) is 12.1 Å². The summed E-state index contributed by atoms with van der Waals surface area (Å²) in [6, 6.07) is 5.89. The quantitative estimate of drug-likeness (QED) is 0.688. The van der Waals surface area contributed by atoms with Gasteiger partial charge in [-0.1, -0.05) is 12.1 Å². The van der Waals surface area contributed by atoms with Crippen LogP contribution in [-0.4, -0.2) is 11.8 Å². The zero-order valence-corrected chi connectivity index (χ0v) is 9.48. The van der Waals surface area contributed by atoms with E-state index in [1.165, 1.54) is 34.6 Å². The van der Waals surface area contributed by atoms with Crippen LogP contribution >= 0.6 is 0 Å². The summed E-state index contributed by atoms with van der Waals surface area (Å²) < 4.78 is 0. The first-order chi connectivity index (χ1) is 8.27.